The molecule has 0 aliphatic carbocycles. The number of aliphatic imine (C=N–C) groups is 1. The zero-order valence-corrected chi connectivity index (χ0v) is 18.7. The normalized spacial score (nSPS) is 18.8. The number of hydrogen-bond acceptors (Lipinski definition) is 4. The Morgan fingerprint density at radius 1 is 1.12 bits per heavy atom. The third kappa shape index (κ3) is 8.82. The topological polar surface area (TPSA) is 52.1 Å². The molecule has 1 atom stereocenters. The largest absolute Gasteiger partial charge is 0.379 e. The molecule has 1 fully saturated rings. The van der Waals surface area contributed by atoms with Gasteiger partial charge in [-0.25, -0.2) is 0 Å². The van der Waals surface area contributed by atoms with Crippen LogP contribution in [0.3, 0.4) is 0 Å². The maximum absolute atomic E-state index is 5.57. The molecule has 0 saturated carbocycles. The van der Waals surface area contributed by atoms with Crippen LogP contribution in [0.15, 0.2) is 4.99 Å². The molecule has 1 heterocycles. The first-order valence-electron chi connectivity index (χ1n) is 8.82. The average Bonchev–Trinajstić information content (AvgIpc) is 2.53. The Kier molecular flexibility index (Phi) is 12.2. The fourth-order valence-electron chi connectivity index (χ4n) is 2.81. The average molecular weight is 455 g/mol. The summed E-state index contributed by atoms with van der Waals surface area (Å²) < 4.78 is 5.57. The van der Waals surface area contributed by atoms with Crippen molar-refractivity contribution in [3.63, 3.8) is 0 Å². The van der Waals surface area contributed by atoms with Gasteiger partial charge in [0.1, 0.15) is 0 Å². The summed E-state index contributed by atoms with van der Waals surface area (Å²) in [5, 5.41) is 6.77. The zero-order chi connectivity index (χ0) is 17.3. The number of likely N-dealkylation sites (N-methyl/N-ethyl adjacent to an activating group) is 1. The van der Waals surface area contributed by atoms with Crippen molar-refractivity contribution in [3.05, 3.63) is 0 Å². The molecule has 0 aromatic heterocycles. The monoisotopic (exact) mass is 455 g/mol. The third-order valence-corrected chi connectivity index (χ3v) is 4.56. The van der Waals surface area contributed by atoms with Crippen molar-refractivity contribution in [2.45, 2.75) is 33.8 Å². The van der Waals surface area contributed by atoms with Gasteiger partial charge in [0.05, 0.1) is 6.10 Å². The summed E-state index contributed by atoms with van der Waals surface area (Å²) in [5.74, 6) is 0.850. The van der Waals surface area contributed by atoms with Crippen molar-refractivity contribution < 1.29 is 4.74 Å². The fraction of sp³-hybridized carbons (Fsp3) is 0.941. The SMILES string of the molecule is CCN1CCN(CCNC(=NC)NCC(OC)C(C)(C)C)CC1.I. The standard InChI is InChI=1S/C17H37N5O.HI/c1-7-21-10-12-22(13-11-21)9-8-19-16(18-5)20-14-15(23-6)17(2,3)4;/h15H,7-14H2,1-6H3,(H2,18,19,20);1H. The molecule has 6 nitrogen and oxygen atoms in total. The summed E-state index contributed by atoms with van der Waals surface area (Å²) in [6.45, 7) is 17.4. The number of nitrogens with one attached hydrogen (secondary N) is 2. The Morgan fingerprint density at radius 2 is 1.71 bits per heavy atom. The van der Waals surface area contributed by atoms with E-state index in [1.165, 1.54) is 13.1 Å². The molecule has 1 saturated heterocycles. The van der Waals surface area contributed by atoms with E-state index in [1.807, 2.05) is 7.05 Å². The van der Waals surface area contributed by atoms with Crippen LogP contribution < -0.4 is 10.6 Å². The molecular formula is C17H38IN5O. The first-order valence-corrected chi connectivity index (χ1v) is 8.82. The van der Waals surface area contributed by atoms with E-state index in [2.05, 4.69) is 53.1 Å². The summed E-state index contributed by atoms with van der Waals surface area (Å²) in [7, 11) is 3.58. The highest BCUT2D eigenvalue weighted by atomic mass is 127. The summed E-state index contributed by atoms with van der Waals surface area (Å²) in [6, 6.07) is 0. The van der Waals surface area contributed by atoms with Crippen LogP contribution in [-0.2, 0) is 4.74 Å². The van der Waals surface area contributed by atoms with Crippen molar-refractivity contribution >= 4 is 29.9 Å². The van der Waals surface area contributed by atoms with Gasteiger partial charge in [-0.3, -0.25) is 9.89 Å². The Bertz CT molecular complexity index is 351. The second kappa shape index (κ2) is 12.3. The van der Waals surface area contributed by atoms with Gasteiger partial charge < -0.3 is 20.3 Å². The van der Waals surface area contributed by atoms with Gasteiger partial charge in [-0.15, -0.1) is 24.0 Å². The molecule has 1 unspecified atom stereocenters. The van der Waals surface area contributed by atoms with Crippen LogP contribution in [0.5, 0.6) is 0 Å². The summed E-state index contributed by atoms with van der Waals surface area (Å²) in [5.41, 5.74) is 0.111. The van der Waals surface area contributed by atoms with Gasteiger partial charge in [-0.05, 0) is 12.0 Å². The summed E-state index contributed by atoms with van der Waals surface area (Å²) in [4.78, 5) is 9.31. The first-order chi connectivity index (χ1) is 10.9. The van der Waals surface area contributed by atoms with E-state index in [-0.39, 0.29) is 35.5 Å². The van der Waals surface area contributed by atoms with Crippen LogP contribution in [0.4, 0.5) is 0 Å². The number of methoxy groups -OCH3 is 1. The number of ether oxygens (including phenoxy) is 1. The van der Waals surface area contributed by atoms with E-state index in [0.717, 1.165) is 45.2 Å². The molecule has 7 heteroatoms. The number of nitrogens with zero attached hydrogens (tertiary/aromatic N) is 3. The minimum Gasteiger partial charge on any atom is -0.379 e. The fourth-order valence-corrected chi connectivity index (χ4v) is 2.81. The molecule has 1 aliphatic heterocycles. The van der Waals surface area contributed by atoms with Crippen LogP contribution in [0.1, 0.15) is 27.7 Å². The smallest absolute Gasteiger partial charge is 0.191 e. The molecule has 0 aromatic rings. The van der Waals surface area contributed by atoms with Gasteiger partial charge in [-0.1, -0.05) is 27.7 Å². The lowest BCUT2D eigenvalue weighted by atomic mass is 9.89. The summed E-state index contributed by atoms with van der Waals surface area (Å²) in [6.07, 6.45) is 0.156. The number of guanidine groups is 1. The molecule has 0 bridgehead atoms. The molecule has 0 spiro atoms. The zero-order valence-electron chi connectivity index (χ0n) is 16.4. The van der Waals surface area contributed by atoms with Gasteiger partial charge in [0.25, 0.3) is 0 Å². The van der Waals surface area contributed by atoms with Gasteiger partial charge >= 0.3 is 0 Å². The lowest BCUT2D eigenvalue weighted by Crippen LogP contribution is -2.50. The van der Waals surface area contributed by atoms with Crippen molar-refractivity contribution in [1.29, 1.82) is 0 Å². The van der Waals surface area contributed by atoms with Crippen molar-refractivity contribution in [1.82, 2.24) is 20.4 Å². The number of halogens is 1. The van der Waals surface area contributed by atoms with Crippen LogP contribution >= 0.6 is 24.0 Å². The van der Waals surface area contributed by atoms with E-state index in [1.54, 1.807) is 7.11 Å². The van der Waals surface area contributed by atoms with Crippen molar-refractivity contribution in [3.8, 4) is 0 Å². The highest BCUT2D eigenvalue weighted by Crippen LogP contribution is 2.20. The van der Waals surface area contributed by atoms with E-state index >= 15 is 0 Å². The highest BCUT2D eigenvalue weighted by Gasteiger charge is 2.24. The Hall–Kier alpha value is -0.120. The van der Waals surface area contributed by atoms with Gasteiger partial charge in [-0.2, -0.15) is 0 Å². The van der Waals surface area contributed by atoms with E-state index in [4.69, 9.17) is 4.74 Å². The molecule has 0 radical (unpaired) electrons. The van der Waals surface area contributed by atoms with E-state index in [9.17, 15) is 0 Å². The number of piperazine rings is 1. The highest BCUT2D eigenvalue weighted by molar-refractivity contribution is 14.0. The predicted octanol–water partition coefficient (Wildman–Crippen LogP) is 1.47. The van der Waals surface area contributed by atoms with Gasteiger partial charge in [0.2, 0.25) is 0 Å². The number of hydrogen-bond donors (Lipinski definition) is 2. The molecule has 144 valence electrons. The van der Waals surface area contributed by atoms with Crippen LogP contribution in [0.2, 0.25) is 0 Å². The molecule has 1 aliphatic rings. The second-order valence-electron chi connectivity index (χ2n) is 7.25. The third-order valence-electron chi connectivity index (χ3n) is 4.56. The number of rotatable bonds is 7. The van der Waals surface area contributed by atoms with E-state index in [0.29, 0.717) is 0 Å². The Morgan fingerprint density at radius 3 is 2.17 bits per heavy atom. The molecular weight excluding hydrogens is 417 g/mol. The van der Waals surface area contributed by atoms with Crippen LogP contribution in [-0.4, -0.2) is 88.4 Å². The van der Waals surface area contributed by atoms with Crippen LogP contribution in [0.25, 0.3) is 0 Å². The predicted molar refractivity (Wildman–Crippen MR) is 114 cm³/mol. The Labute approximate surface area is 165 Å². The maximum Gasteiger partial charge on any atom is 0.191 e. The summed E-state index contributed by atoms with van der Waals surface area (Å²) >= 11 is 0. The molecule has 24 heavy (non-hydrogen) atoms. The first kappa shape index (κ1) is 23.9. The Balaban J connectivity index is 0.00000529. The molecule has 0 amide bonds. The van der Waals surface area contributed by atoms with Crippen molar-refractivity contribution in [2.24, 2.45) is 10.4 Å². The minimum absolute atomic E-state index is 0. The lowest BCUT2D eigenvalue weighted by molar-refractivity contribution is 0.0205. The van der Waals surface area contributed by atoms with Gasteiger partial charge in [0, 0.05) is 60.0 Å². The maximum atomic E-state index is 5.57. The lowest BCUT2D eigenvalue weighted by Gasteiger charge is -2.34. The minimum atomic E-state index is 0. The van der Waals surface area contributed by atoms with Gasteiger partial charge in [0.15, 0.2) is 5.96 Å². The van der Waals surface area contributed by atoms with E-state index < -0.39 is 0 Å². The quantitative estimate of drug-likeness (QED) is 0.346. The molecule has 0 aromatic carbocycles. The molecule has 2 N–H and O–H groups in total. The second-order valence-corrected chi connectivity index (χ2v) is 7.25. The van der Waals surface area contributed by atoms with Crippen LogP contribution in [0, 0.1) is 5.41 Å². The van der Waals surface area contributed by atoms with Crippen molar-refractivity contribution in [2.75, 3.05) is 66.5 Å². The molecule has 1 rings (SSSR count).